The van der Waals surface area contributed by atoms with Crippen LogP contribution in [0.15, 0.2) is 53.8 Å². The Kier molecular flexibility index (Phi) is 6.92. The second kappa shape index (κ2) is 9.86. The van der Waals surface area contributed by atoms with Crippen LogP contribution in [0.5, 0.6) is 5.75 Å². The smallest absolute Gasteiger partial charge is 0.153 e. The van der Waals surface area contributed by atoms with E-state index in [0.29, 0.717) is 46.2 Å². The molecular weight excluding hydrogens is 465 g/mol. The summed E-state index contributed by atoms with van der Waals surface area (Å²) in [6.45, 7) is 1.40. The van der Waals surface area contributed by atoms with Gasteiger partial charge in [-0.25, -0.2) is 14.4 Å². The molecule has 5 rings (SSSR count). The number of nitrogens with two attached hydrogens (primary N) is 2. The number of halogens is 2. The van der Waals surface area contributed by atoms with Gasteiger partial charge >= 0.3 is 0 Å². The average Bonchev–Trinajstić information content (AvgIpc) is 3.20. The van der Waals surface area contributed by atoms with Crippen LogP contribution in [0.25, 0.3) is 22.2 Å². The van der Waals surface area contributed by atoms with E-state index in [1.165, 1.54) is 18.5 Å². The van der Waals surface area contributed by atoms with Gasteiger partial charge in [-0.05, 0) is 37.1 Å². The van der Waals surface area contributed by atoms with Crippen molar-refractivity contribution in [1.82, 2.24) is 14.5 Å². The molecule has 3 heterocycles. The fraction of sp³-hybridized carbons (Fsp3) is 0.217. The lowest BCUT2D eigenvalue weighted by Gasteiger charge is -2.24. The standard InChI is InChI=1S/C17H18FN5O.C6H5ClOS/c18-15-11(2-1-3-13(15)19)12-8-23(10-4-6-24-7-5-10)17-14(12)16(20)21-9-22-17;7-5-3-4(9)1-2-6(5)8/h1-3,8-10H,4-7,19H2,(H2,20,21,22);1-3,8-9H. The van der Waals surface area contributed by atoms with Crippen LogP contribution in [0.1, 0.15) is 18.9 Å². The van der Waals surface area contributed by atoms with Gasteiger partial charge in [-0.2, -0.15) is 0 Å². The highest BCUT2D eigenvalue weighted by molar-refractivity contribution is 7.80. The first-order valence-corrected chi connectivity index (χ1v) is 11.1. The molecule has 1 aliphatic rings. The van der Waals surface area contributed by atoms with Crippen LogP contribution < -0.4 is 11.5 Å². The van der Waals surface area contributed by atoms with Gasteiger partial charge < -0.3 is 25.9 Å². The number of phenols is 1. The maximum atomic E-state index is 14.6. The molecule has 7 nitrogen and oxygen atoms in total. The largest absolute Gasteiger partial charge is 0.506 e. The average molecular weight is 488 g/mol. The SMILES string of the molecule is Nc1cccc(-c2cn(C3CCOCC3)c3ncnc(N)c23)c1F.Oc1ccc(S)cc1Cl. The minimum atomic E-state index is -0.452. The van der Waals surface area contributed by atoms with Crippen molar-refractivity contribution >= 4 is 46.8 Å². The molecule has 4 aromatic rings. The molecule has 0 radical (unpaired) electrons. The lowest BCUT2D eigenvalue weighted by Crippen LogP contribution is -2.19. The summed E-state index contributed by atoms with van der Waals surface area (Å²) in [5.74, 6) is -0.0242. The number of nitrogens with zero attached hydrogens (tertiary/aromatic N) is 3. The normalized spacial score (nSPS) is 14.2. The maximum absolute atomic E-state index is 14.6. The monoisotopic (exact) mass is 487 g/mol. The molecular formula is C23H23ClFN5O2S. The van der Waals surface area contributed by atoms with Gasteiger partial charge in [-0.3, -0.25) is 0 Å². The van der Waals surface area contributed by atoms with Crippen molar-refractivity contribution in [2.75, 3.05) is 24.7 Å². The number of thiol groups is 1. The summed E-state index contributed by atoms with van der Waals surface area (Å²) >= 11 is 9.52. The van der Waals surface area contributed by atoms with Gasteiger partial charge in [0.05, 0.1) is 16.1 Å². The molecule has 2 aromatic heterocycles. The van der Waals surface area contributed by atoms with Crippen LogP contribution in [0, 0.1) is 5.82 Å². The highest BCUT2D eigenvalue weighted by Gasteiger charge is 2.23. The third-order valence-electron chi connectivity index (χ3n) is 5.47. The van der Waals surface area contributed by atoms with Crippen LogP contribution in [-0.2, 0) is 4.74 Å². The van der Waals surface area contributed by atoms with Gasteiger partial charge in [0.15, 0.2) is 5.82 Å². The van der Waals surface area contributed by atoms with E-state index in [1.807, 2.05) is 6.20 Å². The minimum absolute atomic E-state index is 0.0921. The lowest BCUT2D eigenvalue weighted by atomic mass is 10.0. The van der Waals surface area contributed by atoms with E-state index >= 15 is 0 Å². The Morgan fingerprint density at radius 2 is 1.88 bits per heavy atom. The summed E-state index contributed by atoms with van der Waals surface area (Å²) in [6, 6.07) is 9.96. The number of rotatable bonds is 2. The Labute approximate surface area is 200 Å². The van der Waals surface area contributed by atoms with Crippen molar-refractivity contribution in [3.63, 3.8) is 0 Å². The molecule has 0 amide bonds. The Bertz CT molecular complexity index is 1290. The molecule has 1 aliphatic heterocycles. The number of benzene rings is 2. The van der Waals surface area contributed by atoms with Crippen LogP contribution in [0.3, 0.4) is 0 Å². The van der Waals surface area contributed by atoms with Crippen molar-refractivity contribution < 1.29 is 14.2 Å². The molecule has 172 valence electrons. The molecule has 2 aromatic carbocycles. The molecule has 0 spiro atoms. The van der Waals surface area contributed by atoms with Crippen molar-refractivity contribution in [3.05, 3.63) is 59.8 Å². The zero-order valence-corrected chi connectivity index (χ0v) is 19.2. The van der Waals surface area contributed by atoms with Crippen LogP contribution in [0.2, 0.25) is 5.02 Å². The third-order valence-corrected chi connectivity index (χ3v) is 6.05. The van der Waals surface area contributed by atoms with E-state index in [9.17, 15) is 4.39 Å². The molecule has 1 fully saturated rings. The topological polar surface area (TPSA) is 112 Å². The number of fused-ring (bicyclic) bond motifs is 1. The number of aromatic hydroxyl groups is 1. The van der Waals surface area contributed by atoms with Gasteiger partial charge in [0.1, 0.15) is 23.5 Å². The fourth-order valence-corrected chi connectivity index (χ4v) is 4.27. The number of hydrogen-bond donors (Lipinski definition) is 4. The number of phenolic OH excluding ortho intramolecular Hbond substituents is 1. The van der Waals surface area contributed by atoms with Gasteiger partial charge in [0, 0.05) is 41.5 Å². The van der Waals surface area contributed by atoms with E-state index in [2.05, 4.69) is 27.2 Å². The first kappa shape index (κ1) is 23.2. The predicted molar refractivity (Wildman–Crippen MR) is 131 cm³/mol. The third kappa shape index (κ3) is 4.85. The fourth-order valence-electron chi connectivity index (χ4n) is 3.81. The van der Waals surface area contributed by atoms with E-state index in [1.54, 1.807) is 24.3 Å². The molecule has 0 saturated carbocycles. The number of anilines is 2. The number of ether oxygens (including phenoxy) is 1. The zero-order valence-electron chi connectivity index (χ0n) is 17.6. The second-order valence-electron chi connectivity index (χ2n) is 7.60. The number of nitrogen functional groups attached to an aromatic ring is 2. The van der Waals surface area contributed by atoms with E-state index in [4.69, 9.17) is 32.9 Å². The molecule has 5 N–H and O–H groups in total. The Balaban J connectivity index is 0.000000243. The Hall–Kier alpha value is -3.01. The molecule has 0 atom stereocenters. The Morgan fingerprint density at radius 3 is 2.58 bits per heavy atom. The summed E-state index contributed by atoms with van der Waals surface area (Å²) in [7, 11) is 0. The zero-order chi connectivity index (χ0) is 23.5. The van der Waals surface area contributed by atoms with Crippen molar-refractivity contribution in [1.29, 1.82) is 0 Å². The summed E-state index contributed by atoms with van der Waals surface area (Å²) in [6.07, 6.45) is 5.11. The van der Waals surface area contributed by atoms with Gasteiger partial charge in [-0.1, -0.05) is 23.7 Å². The lowest BCUT2D eigenvalue weighted by molar-refractivity contribution is 0.0706. The van der Waals surface area contributed by atoms with E-state index in [0.717, 1.165) is 17.7 Å². The van der Waals surface area contributed by atoms with Crippen molar-refractivity contribution in [3.8, 4) is 16.9 Å². The number of hydrogen-bond acceptors (Lipinski definition) is 7. The molecule has 0 aliphatic carbocycles. The summed E-state index contributed by atoms with van der Waals surface area (Å²) in [4.78, 5) is 9.22. The van der Waals surface area contributed by atoms with Crippen LogP contribution in [0.4, 0.5) is 15.9 Å². The highest BCUT2D eigenvalue weighted by atomic mass is 35.5. The van der Waals surface area contributed by atoms with Gasteiger partial charge in [0.25, 0.3) is 0 Å². The first-order chi connectivity index (χ1) is 15.9. The molecule has 1 saturated heterocycles. The summed E-state index contributed by atoms with van der Waals surface area (Å²) in [5, 5.41) is 9.87. The second-order valence-corrected chi connectivity index (χ2v) is 8.52. The van der Waals surface area contributed by atoms with E-state index in [-0.39, 0.29) is 17.5 Å². The molecule has 33 heavy (non-hydrogen) atoms. The van der Waals surface area contributed by atoms with Crippen LogP contribution in [-0.4, -0.2) is 32.9 Å². The maximum Gasteiger partial charge on any atom is 0.153 e. The van der Waals surface area contributed by atoms with E-state index < -0.39 is 5.82 Å². The van der Waals surface area contributed by atoms with Gasteiger partial charge in [0.2, 0.25) is 0 Å². The summed E-state index contributed by atoms with van der Waals surface area (Å²) < 4.78 is 22.1. The van der Waals surface area contributed by atoms with Crippen LogP contribution >= 0.6 is 24.2 Å². The van der Waals surface area contributed by atoms with Gasteiger partial charge in [-0.15, -0.1) is 12.6 Å². The van der Waals surface area contributed by atoms with Crippen molar-refractivity contribution in [2.45, 2.75) is 23.8 Å². The number of aromatic nitrogens is 3. The molecule has 10 heteroatoms. The Morgan fingerprint density at radius 1 is 1.12 bits per heavy atom. The molecule has 0 unspecified atom stereocenters. The first-order valence-electron chi connectivity index (χ1n) is 10.3. The highest BCUT2D eigenvalue weighted by Crippen LogP contribution is 2.38. The molecule has 0 bridgehead atoms. The van der Waals surface area contributed by atoms with Crippen molar-refractivity contribution in [2.24, 2.45) is 0 Å². The summed E-state index contributed by atoms with van der Waals surface area (Å²) in [5.41, 5.74) is 13.7. The predicted octanol–water partition coefficient (Wildman–Crippen LogP) is 5.09. The quantitative estimate of drug-likeness (QED) is 0.231. The minimum Gasteiger partial charge on any atom is -0.506 e.